The molecule has 7 atom stereocenters. The Morgan fingerprint density at radius 1 is 1.24 bits per heavy atom. The third kappa shape index (κ3) is 4.76. The van der Waals surface area contributed by atoms with E-state index < -0.39 is 0 Å². The molecule has 8 heteroatoms. The molecule has 4 saturated heterocycles. The zero-order valence-electron chi connectivity index (χ0n) is 21.2. The molecule has 1 amide bonds. The molecule has 5 aliphatic rings. The Morgan fingerprint density at radius 3 is 2.62 bits per heavy atom. The van der Waals surface area contributed by atoms with Gasteiger partial charge in [-0.2, -0.15) is 0 Å². The van der Waals surface area contributed by atoms with Crippen molar-refractivity contribution in [2.45, 2.75) is 88.5 Å². The lowest BCUT2D eigenvalue weighted by atomic mass is 9.68. The summed E-state index contributed by atoms with van der Waals surface area (Å²) in [5.41, 5.74) is 0.766. The Kier molecular flexibility index (Phi) is 6.74. The quantitative estimate of drug-likeness (QED) is 0.424. The second kappa shape index (κ2) is 9.36. The molecule has 34 heavy (non-hydrogen) atoms. The lowest BCUT2D eigenvalue weighted by Gasteiger charge is -2.44. The first-order valence-corrected chi connectivity index (χ1v) is 13.1. The van der Waals surface area contributed by atoms with Gasteiger partial charge in [-0.1, -0.05) is 11.6 Å². The smallest absolute Gasteiger partial charge is 0.410 e. The predicted octanol–water partition coefficient (Wildman–Crippen LogP) is 2.59. The van der Waals surface area contributed by atoms with Gasteiger partial charge in [0.15, 0.2) is 0 Å². The van der Waals surface area contributed by atoms with Crippen LogP contribution in [0.25, 0.3) is 0 Å². The maximum absolute atomic E-state index is 12.9. The van der Waals surface area contributed by atoms with Gasteiger partial charge < -0.3 is 33.9 Å². The van der Waals surface area contributed by atoms with Crippen molar-refractivity contribution in [1.29, 1.82) is 0 Å². The van der Waals surface area contributed by atoms with Crippen molar-refractivity contribution in [2.24, 2.45) is 11.8 Å². The minimum absolute atomic E-state index is 0.0482. The van der Waals surface area contributed by atoms with E-state index in [9.17, 15) is 9.90 Å². The second-order valence-electron chi connectivity index (χ2n) is 11.6. The fourth-order valence-corrected chi connectivity index (χ4v) is 6.56. The van der Waals surface area contributed by atoms with Crippen molar-refractivity contribution in [2.75, 3.05) is 46.4 Å². The molecule has 4 heterocycles. The average Bonchev–Trinajstić information content (AvgIpc) is 3.63. The Labute approximate surface area is 203 Å². The summed E-state index contributed by atoms with van der Waals surface area (Å²) in [4.78, 5) is 17.1. The Hall–Kier alpha value is -1.19. The van der Waals surface area contributed by atoms with Crippen LogP contribution in [0.2, 0.25) is 0 Å². The normalized spacial score (nSPS) is 41.9. The summed E-state index contributed by atoms with van der Waals surface area (Å²) < 4.78 is 24.3. The minimum atomic E-state index is -0.320. The maximum Gasteiger partial charge on any atom is 0.410 e. The number of nitrogens with zero attached hydrogens (tertiary/aromatic N) is 2. The van der Waals surface area contributed by atoms with E-state index in [1.54, 1.807) is 7.11 Å². The first kappa shape index (κ1) is 24.5. The number of allylic oxidation sites excluding steroid dienone is 1. The fraction of sp³-hybridized carbons (Fsp3) is 0.885. The number of rotatable bonds is 8. The van der Waals surface area contributed by atoms with Crippen LogP contribution < -0.4 is 0 Å². The van der Waals surface area contributed by atoms with Crippen molar-refractivity contribution in [3.63, 3.8) is 0 Å². The molecular formula is C26H42N2O6. The van der Waals surface area contributed by atoms with Crippen molar-refractivity contribution >= 4 is 6.09 Å². The molecule has 1 spiro atoms. The van der Waals surface area contributed by atoms with E-state index in [0.29, 0.717) is 5.92 Å². The number of hydrogen-bond donors (Lipinski definition) is 1. The number of β-amino-alcohol motifs (C(OH)–C–C–N with tert-alkyl or cyclic N) is 1. The second-order valence-corrected chi connectivity index (χ2v) is 11.6. The topological polar surface area (TPSA) is 87.3 Å². The summed E-state index contributed by atoms with van der Waals surface area (Å²) in [6.07, 6.45) is 5.90. The van der Waals surface area contributed by atoms with E-state index in [4.69, 9.17) is 18.9 Å². The lowest BCUT2D eigenvalue weighted by Crippen LogP contribution is -2.57. The number of amides is 1. The number of aliphatic hydroxyl groups excluding tert-OH is 1. The molecule has 1 aliphatic carbocycles. The van der Waals surface area contributed by atoms with Crippen molar-refractivity contribution in [3.05, 3.63) is 11.6 Å². The molecule has 0 aromatic carbocycles. The molecule has 4 aliphatic heterocycles. The van der Waals surface area contributed by atoms with Crippen molar-refractivity contribution in [1.82, 2.24) is 9.80 Å². The molecule has 0 aromatic heterocycles. The number of methoxy groups -OCH3 is 1. The third-order valence-electron chi connectivity index (χ3n) is 8.81. The summed E-state index contributed by atoms with van der Waals surface area (Å²) in [5, 5.41) is 9.68. The van der Waals surface area contributed by atoms with E-state index in [1.165, 1.54) is 5.57 Å². The molecule has 192 valence electrons. The van der Waals surface area contributed by atoms with Crippen LogP contribution in [0.15, 0.2) is 11.6 Å². The molecular weight excluding hydrogens is 436 g/mol. The van der Waals surface area contributed by atoms with Crippen LogP contribution in [0.3, 0.4) is 0 Å². The van der Waals surface area contributed by atoms with E-state index >= 15 is 0 Å². The first-order chi connectivity index (χ1) is 16.2. The molecule has 5 rings (SSSR count). The Bertz CT molecular complexity index is 790. The monoisotopic (exact) mass is 478 g/mol. The van der Waals surface area contributed by atoms with Crippen molar-refractivity contribution < 1.29 is 28.8 Å². The number of ether oxygens (including phenoxy) is 4. The lowest BCUT2D eigenvalue weighted by molar-refractivity contribution is -0.124. The van der Waals surface area contributed by atoms with Gasteiger partial charge in [-0.15, -0.1) is 0 Å². The van der Waals surface area contributed by atoms with Gasteiger partial charge in [-0.3, -0.25) is 0 Å². The zero-order valence-corrected chi connectivity index (χ0v) is 21.2. The summed E-state index contributed by atoms with van der Waals surface area (Å²) in [7, 11) is 1.71. The highest BCUT2D eigenvalue weighted by Crippen LogP contribution is 2.59. The molecule has 1 saturated carbocycles. The zero-order chi connectivity index (χ0) is 24.1. The Balaban J connectivity index is 1.14. The van der Waals surface area contributed by atoms with Gasteiger partial charge >= 0.3 is 6.09 Å². The Morgan fingerprint density at radius 2 is 2.00 bits per heavy atom. The van der Waals surface area contributed by atoms with Gasteiger partial charge in [0.2, 0.25) is 0 Å². The van der Waals surface area contributed by atoms with Gasteiger partial charge in [0, 0.05) is 33.3 Å². The van der Waals surface area contributed by atoms with Crippen LogP contribution in [-0.4, -0.2) is 103 Å². The average molecular weight is 479 g/mol. The highest BCUT2D eigenvalue weighted by atomic mass is 16.6. The van der Waals surface area contributed by atoms with E-state index in [1.807, 2.05) is 4.90 Å². The van der Waals surface area contributed by atoms with Crippen LogP contribution in [0.5, 0.6) is 0 Å². The van der Waals surface area contributed by atoms with Crippen LogP contribution in [0, 0.1) is 11.8 Å². The number of carbonyl (C=O) groups excluding carboxylic acids is 1. The number of hydrogen-bond acceptors (Lipinski definition) is 7. The highest BCUT2D eigenvalue weighted by Gasteiger charge is 2.72. The van der Waals surface area contributed by atoms with Gasteiger partial charge in [0.25, 0.3) is 0 Å². The predicted molar refractivity (Wildman–Crippen MR) is 127 cm³/mol. The van der Waals surface area contributed by atoms with Crippen LogP contribution >= 0.6 is 0 Å². The van der Waals surface area contributed by atoms with Gasteiger partial charge in [-0.25, -0.2) is 4.79 Å². The number of aliphatic hydroxyl groups is 1. The minimum Gasteiger partial charge on any atom is -0.443 e. The standard InChI is InChI=1S/C26H42N2O6/c1-17(2)5-6-21-25(3,34-21)23-22(31-4)20(7-10-26(23)16-32-26)33-24(30)28-13-18(14-28)8-11-27-12-9-19(29)15-27/h5,18-23,29H,6-16H2,1-4H3/t19-,20-,21-,22-,23?,25+,26+/m1/s1. The van der Waals surface area contributed by atoms with Crippen LogP contribution in [0.4, 0.5) is 4.79 Å². The molecule has 8 nitrogen and oxygen atoms in total. The number of likely N-dealkylation sites (tertiary alicyclic amines) is 2. The molecule has 1 N–H and O–H groups in total. The van der Waals surface area contributed by atoms with Crippen molar-refractivity contribution in [3.8, 4) is 0 Å². The molecule has 0 radical (unpaired) electrons. The fourth-order valence-electron chi connectivity index (χ4n) is 6.56. The van der Waals surface area contributed by atoms with E-state index in [2.05, 4.69) is 31.7 Å². The van der Waals surface area contributed by atoms with Crippen LogP contribution in [0.1, 0.15) is 52.9 Å². The SMILES string of the molecule is CO[C@H]1C([C@@]2(C)O[C@@H]2CC=C(C)C)[C@]2(CC[C@H]1OC(=O)N1CC(CCN3CC[C@@H](O)C3)C1)CO2. The van der Waals surface area contributed by atoms with Gasteiger partial charge in [0.1, 0.15) is 23.4 Å². The first-order valence-electron chi connectivity index (χ1n) is 13.1. The third-order valence-corrected chi connectivity index (χ3v) is 8.81. The summed E-state index contributed by atoms with van der Waals surface area (Å²) >= 11 is 0. The number of epoxide rings is 2. The van der Waals surface area contributed by atoms with E-state index in [-0.39, 0.29) is 47.6 Å². The summed E-state index contributed by atoms with van der Waals surface area (Å²) in [5.74, 6) is 0.562. The molecule has 5 fully saturated rings. The maximum atomic E-state index is 12.9. The molecule has 1 unspecified atom stereocenters. The largest absolute Gasteiger partial charge is 0.443 e. The molecule has 0 bridgehead atoms. The summed E-state index contributed by atoms with van der Waals surface area (Å²) in [6, 6.07) is 0. The number of carbonyl (C=O) groups is 1. The van der Waals surface area contributed by atoms with Gasteiger partial charge in [0.05, 0.1) is 24.7 Å². The summed E-state index contributed by atoms with van der Waals surface area (Å²) in [6.45, 7) is 11.4. The molecule has 0 aromatic rings. The highest BCUT2D eigenvalue weighted by molar-refractivity contribution is 5.69. The van der Waals surface area contributed by atoms with Gasteiger partial charge in [-0.05, 0) is 65.3 Å². The van der Waals surface area contributed by atoms with E-state index in [0.717, 1.165) is 71.4 Å². The van der Waals surface area contributed by atoms with Crippen LogP contribution in [-0.2, 0) is 18.9 Å².